The Labute approximate surface area is 182 Å². The number of benzene rings is 1. The van der Waals surface area contributed by atoms with Crippen LogP contribution < -0.4 is 4.74 Å². The molecule has 1 aromatic carbocycles. The normalized spacial score (nSPS) is 13.5. The summed E-state index contributed by atoms with van der Waals surface area (Å²) in [6, 6.07) is 4.74. The van der Waals surface area contributed by atoms with Crippen LogP contribution in [0.5, 0.6) is 5.75 Å². The molecule has 0 aliphatic heterocycles. The molecule has 0 bridgehead atoms. The number of rotatable bonds is 7. The predicted octanol–water partition coefficient (Wildman–Crippen LogP) is 3.13. The van der Waals surface area contributed by atoms with E-state index in [-0.39, 0.29) is 24.1 Å². The topological polar surface area (TPSA) is 109 Å². The molecule has 0 amide bonds. The number of aliphatic hydroxyl groups is 2. The lowest BCUT2D eigenvalue weighted by Gasteiger charge is -2.17. The second-order valence-corrected chi connectivity index (χ2v) is 7.60. The first kappa shape index (κ1) is 21.2. The summed E-state index contributed by atoms with van der Waals surface area (Å²) in [7, 11) is 1.51. The van der Waals surface area contributed by atoms with Gasteiger partial charge in [-0.2, -0.15) is 10.2 Å². The van der Waals surface area contributed by atoms with Crippen molar-refractivity contribution in [2.75, 3.05) is 13.7 Å². The maximum atomic E-state index is 14.1. The van der Waals surface area contributed by atoms with Gasteiger partial charge in [0.25, 0.3) is 0 Å². The van der Waals surface area contributed by atoms with E-state index < -0.39 is 11.9 Å². The standard InChI is InChI=1S/C21H21ClFN5O3/c1-11(18-17(31-2)4-3-16(23)19(18)22)20-15-5-12(6-24-21(15)27-26-20)13-7-25-28(8-13)9-14(30)10-29/h3-8,11,14,29-30H,9-10H2,1-2H3,(H,24,26,27)/t11-,14+/m1/s1. The highest BCUT2D eigenvalue weighted by molar-refractivity contribution is 6.31. The maximum Gasteiger partial charge on any atom is 0.181 e. The second kappa shape index (κ2) is 8.62. The van der Waals surface area contributed by atoms with E-state index in [4.69, 9.17) is 21.4 Å². The van der Waals surface area contributed by atoms with Gasteiger partial charge in [0, 0.05) is 40.4 Å². The Morgan fingerprint density at radius 2 is 2.10 bits per heavy atom. The molecule has 0 radical (unpaired) electrons. The van der Waals surface area contributed by atoms with E-state index in [1.807, 2.05) is 13.0 Å². The highest BCUT2D eigenvalue weighted by Gasteiger charge is 2.24. The van der Waals surface area contributed by atoms with Crippen LogP contribution in [-0.2, 0) is 6.54 Å². The Kier molecular flexibility index (Phi) is 5.90. The van der Waals surface area contributed by atoms with Gasteiger partial charge < -0.3 is 14.9 Å². The maximum absolute atomic E-state index is 14.1. The van der Waals surface area contributed by atoms with Crippen molar-refractivity contribution in [2.45, 2.75) is 25.5 Å². The summed E-state index contributed by atoms with van der Waals surface area (Å²) in [4.78, 5) is 4.42. The smallest absolute Gasteiger partial charge is 0.181 e. The molecule has 31 heavy (non-hydrogen) atoms. The van der Waals surface area contributed by atoms with Gasteiger partial charge in [0.2, 0.25) is 0 Å². The summed E-state index contributed by atoms with van der Waals surface area (Å²) in [6.07, 6.45) is 4.21. The highest BCUT2D eigenvalue weighted by atomic mass is 35.5. The number of hydrogen-bond donors (Lipinski definition) is 3. The first-order chi connectivity index (χ1) is 14.9. The zero-order valence-electron chi connectivity index (χ0n) is 16.9. The molecule has 162 valence electrons. The van der Waals surface area contributed by atoms with Crippen molar-refractivity contribution in [2.24, 2.45) is 0 Å². The minimum Gasteiger partial charge on any atom is -0.496 e. The second-order valence-electron chi connectivity index (χ2n) is 7.22. The van der Waals surface area contributed by atoms with Gasteiger partial charge in [-0.3, -0.25) is 9.78 Å². The fourth-order valence-electron chi connectivity index (χ4n) is 3.57. The molecule has 0 aliphatic carbocycles. The summed E-state index contributed by atoms with van der Waals surface area (Å²) in [6.45, 7) is 1.72. The first-order valence-corrected chi connectivity index (χ1v) is 9.98. The van der Waals surface area contributed by atoms with Crippen LogP contribution >= 0.6 is 11.6 Å². The van der Waals surface area contributed by atoms with Crippen LogP contribution in [0.2, 0.25) is 5.02 Å². The third-order valence-corrected chi connectivity index (χ3v) is 5.58. The number of nitrogens with one attached hydrogen (secondary N) is 1. The number of pyridine rings is 1. The van der Waals surface area contributed by atoms with E-state index in [0.29, 0.717) is 17.0 Å². The number of methoxy groups -OCH3 is 1. The Balaban J connectivity index is 1.74. The number of aliphatic hydroxyl groups excluding tert-OH is 2. The van der Waals surface area contributed by atoms with Crippen molar-refractivity contribution in [1.29, 1.82) is 0 Å². The molecule has 3 N–H and O–H groups in total. The minimum absolute atomic E-state index is 0.00225. The molecule has 4 rings (SSSR count). The van der Waals surface area contributed by atoms with E-state index in [0.717, 1.165) is 22.2 Å². The lowest BCUT2D eigenvalue weighted by Crippen LogP contribution is -2.19. The quantitative estimate of drug-likeness (QED) is 0.403. The molecule has 3 heterocycles. The van der Waals surface area contributed by atoms with Crippen LogP contribution in [0.3, 0.4) is 0 Å². The van der Waals surface area contributed by atoms with E-state index in [9.17, 15) is 9.50 Å². The molecule has 2 atom stereocenters. The van der Waals surface area contributed by atoms with Crippen LogP contribution in [0, 0.1) is 5.82 Å². The van der Waals surface area contributed by atoms with Crippen molar-refractivity contribution in [3.63, 3.8) is 0 Å². The summed E-state index contributed by atoms with van der Waals surface area (Å²) in [5.74, 6) is -0.387. The summed E-state index contributed by atoms with van der Waals surface area (Å²) in [5.41, 5.74) is 3.34. The van der Waals surface area contributed by atoms with Crippen LogP contribution in [0.4, 0.5) is 4.39 Å². The average Bonchev–Trinajstić information content (AvgIpc) is 3.41. The number of halogens is 2. The molecule has 0 saturated carbocycles. The molecule has 4 aromatic rings. The molecule has 10 heteroatoms. The van der Waals surface area contributed by atoms with E-state index in [2.05, 4.69) is 20.3 Å². The van der Waals surface area contributed by atoms with Crippen LogP contribution in [-0.4, -0.2) is 55.0 Å². The number of H-pyrrole nitrogens is 1. The zero-order chi connectivity index (χ0) is 22.1. The number of aromatic nitrogens is 5. The Hall–Kier alpha value is -3.01. The molecule has 0 aliphatic rings. The number of aromatic amines is 1. The van der Waals surface area contributed by atoms with E-state index >= 15 is 0 Å². The molecule has 0 saturated heterocycles. The van der Waals surface area contributed by atoms with E-state index in [1.165, 1.54) is 13.2 Å². The number of hydrogen-bond acceptors (Lipinski definition) is 6. The average molecular weight is 446 g/mol. The van der Waals surface area contributed by atoms with Crippen molar-refractivity contribution in [3.05, 3.63) is 58.9 Å². The SMILES string of the molecule is COc1ccc(F)c(Cl)c1[C@@H](C)c1[nH]nc2ncc(-c3cnn(C[C@H](O)CO)c3)cc12. The Bertz CT molecular complexity index is 1230. The van der Waals surface area contributed by atoms with E-state index in [1.54, 1.807) is 29.3 Å². The molecular weight excluding hydrogens is 425 g/mol. The molecule has 8 nitrogen and oxygen atoms in total. The zero-order valence-corrected chi connectivity index (χ0v) is 17.6. The number of fused-ring (bicyclic) bond motifs is 1. The molecule has 0 unspecified atom stereocenters. The molecule has 0 fully saturated rings. The molecular formula is C21H21ClFN5O3. The Morgan fingerprint density at radius 3 is 2.84 bits per heavy atom. The monoisotopic (exact) mass is 445 g/mol. The summed E-state index contributed by atoms with van der Waals surface area (Å²) in [5, 5.41) is 30.9. The highest BCUT2D eigenvalue weighted by Crippen LogP contribution is 2.40. The fourth-order valence-corrected chi connectivity index (χ4v) is 3.89. The van der Waals surface area contributed by atoms with Crippen LogP contribution in [0.15, 0.2) is 36.8 Å². The third-order valence-electron chi connectivity index (χ3n) is 5.19. The lowest BCUT2D eigenvalue weighted by atomic mass is 9.94. The number of ether oxygens (including phenoxy) is 1. The summed E-state index contributed by atoms with van der Waals surface area (Å²) < 4.78 is 21.1. The van der Waals surface area contributed by atoms with Crippen molar-refractivity contribution in [1.82, 2.24) is 25.0 Å². The fraction of sp³-hybridized carbons (Fsp3) is 0.286. The van der Waals surface area contributed by atoms with Crippen molar-refractivity contribution in [3.8, 4) is 16.9 Å². The van der Waals surface area contributed by atoms with Gasteiger partial charge in [-0.25, -0.2) is 9.37 Å². The van der Waals surface area contributed by atoms with Crippen molar-refractivity contribution >= 4 is 22.6 Å². The predicted molar refractivity (Wildman–Crippen MR) is 114 cm³/mol. The lowest BCUT2D eigenvalue weighted by molar-refractivity contribution is 0.0783. The van der Waals surface area contributed by atoms with Gasteiger partial charge in [-0.1, -0.05) is 18.5 Å². The van der Waals surface area contributed by atoms with Crippen molar-refractivity contribution < 1.29 is 19.3 Å². The van der Waals surface area contributed by atoms with Gasteiger partial charge in [-0.15, -0.1) is 0 Å². The van der Waals surface area contributed by atoms with Gasteiger partial charge in [0.1, 0.15) is 11.6 Å². The van der Waals surface area contributed by atoms with Gasteiger partial charge >= 0.3 is 0 Å². The van der Waals surface area contributed by atoms with Gasteiger partial charge in [0.05, 0.1) is 43.3 Å². The number of nitrogens with zero attached hydrogens (tertiary/aromatic N) is 4. The van der Waals surface area contributed by atoms with Gasteiger partial charge in [-0.05, 0) is 18.2 Å². The Morgan fingerprint density at radius 1 is 1.29 bits per heavy atom. The summed E-state index contributed by atoms with van der Waals surface area (Å²) >= 11 is 6.27. The third kappa shape index (κ3) is 3.99. The van der Waals surface area contributed by atoms with Gasteiger partial charge in [0.15, 0.2) is 5.65 Å². The largest absolute Gasteiger partial charge is 0.496 e. The first-order valence-electron chi connectivity index (χ1n) is 9.60. The molecule has 0 spiro atoms. The minimum atomic E-state index is -0.888. The molecule has 3 aromatic heterocycles. The van der Waals surface area contributed by atoms with Crippen LogP contribution in [0.1, 0.15) is 24.1 Å². The van der Waals surface area contributed by atoms with Crippen LogP contribution in [0.25, 0.3) is 22.2 Å².